The van der Waals surface area contributed by atoms with Gasteiger partial charge in [-0.25, -0.2) is 9.97 Å². The van der Waals surface area contributed by atoms with Crippen LogP contribution in [-0.2, 0) is 0 Å². The summed E-state index contributed by atoms with van der Waals surface area (Å²) in [5, 5.41) is 3.30. The highest BCUT2D eigenvalue weighted by molar-refractivity contribution is 14.1. The number of nitrogens with one attached hydrogen (secondary N) is 1. The van der Waals surface area contributed by atoms with Crippen LogP contribution in [-0.4, -0.2) is 66.1 Å². The Morgan fingerprint density at radius 3 is 2.76 bits per heavy atom. The van der Waals surface area contributed by atoms with E-state index in [1.165, 1.54) is 0 Å². The van der Waals surface area contributed by atoms with Crippen molar-refractivity contribution in [1.82, 2.24) is 19.8 Å². The predicted molar refractivity (Wildman–Crippen MR) is 77.2 cm³/mol. The van der Waals surface area contributed by atoms with Crippen molar-refractivity contribution in [3.63, 3.8) is 0 Å². The van der Waals surface area contributed by atoms with Crippen LogP contribution in [0.3, 0.4) is 0 Å². The van der Waals surface area contributed by atoms with E-state index in [-0.39, 0.29) is 0 Å². The molecular formula is C11H18IN5. The molecule has 1 N–H and O–H groups in total. The van der Waals surface area contributed by atoms with Gasteiger partial charge in [-0.1, -0.05) is 0 Å². The SMILES string of the molecule is CN1CCN(C)C(CNc2ncc(I)cn2)C1. The molecule has 94 valence electrons. The zero-order chi connectivity index (χ0) is 12.3. The molecule has 1 unspecified atom stereocenters. The van der Waals surface area contributed by atoms with E-state index >= 15 is 0 Å². The maximum atomic E-state index is 4.24. The third kappa shape index (κ3) is 3.75. The smallest absolute Gasteiger partial charge is 0.222 e. The van der Waals surface area contributed by atoms with E-state index in [0.717, 1.165) is 29.7 Å². The van der Waals surface area contributed by atoms with Gasteiger partial charge in [0.1, 0.15) is 0 Å². The molecule has 0 aliphatic carbocycles. The highest BCUT2D eigenvalue weighted by Crippen LogP contribution is 2.07. The molecule has 0 spiro atoms. The molecule has 1 aliphatic heterocycles. The molecule has 1 aliphatic rings. The fourth-order valence-electron chi connectivity index (χ4n) is 1.93. The quantitative estimate of drug-likeness (QED) is 0.818. The fourth-order valence-corrected chi connectivity index (χ4v) is 2.21. The summed E-state index contributed by atoms with van der Waals surface area (Å²) in [6, 6.07) is 0.525. The first-order chi connectivity index (χ1) is 8.15. The number of hydrogen-bond donors (Lipinski definition) is 1. The molecule has 0 amide bonds. The Hall–Kier alpha value is -0.470. The molecule has 17 heavy (non-hydrogen) atoms. The average molecular weight is 347 g/mol. The van der Waals surface area contributed by atoms with Crippen LogP contribution in [0.1, 0.15) is 0 Å². The van der Waals surface area contributed by atoms with E-state index in [0.29, 0.717) is 12.0 Å². The molecule has 0 bridgehead atoms. The fraction of sp³-hybridized carbons (Fsp3) is 0.636. The van der Waals surface area contributed by atoms with Crippen molar-refractivity contribution in [2.24, 2.45) is 0 Å². The number of aromatic nitrogens is 2. The second-order valence-electron chi connectivity index (χ2n) is 4.50. The molecule has 0 radical (unpaired) electrons. The van der Waals surface area contributed by atoms with Gasteiger partial charge in [0.2, 0.25) is 5.95 Å². The number of likely N-dealkylation sites (N-methyl/N-ethyl adjacent to an activating group) is 2. The van der Waals surface area contributed by atoms with Crippen molar-refractivity contribution in [1.29, 1.82) is 0 Å². The van der Waals surface area contributed by atoms with Gasteiger partial charge in [-0.15, -0.1) is 0 Å². The summed E-state index contributed by atoms with van der Waals surface area (Å²) in [7, 11) is 4.34. The Bertz CT molecular complexity index is 355. The third-order valence-corrected chi connectivity index (χ3v) is 3.65. The monoisotopic (exact) mass is 347 g/mol. The molecule has 1 saturated heterocycles. The van der Waals surface area contributed by atoms with Crippen molar-refractivity contribution in [2.45, 2.75) is 6.04 Å². The number of piperazine rings is 1. The summed E-state index contributed by atoms with van der Waals surface area (Å²) in [6.07, 6.45) is 3.65. The van der Waals surface area contributed by atoms with Gasteiger partial charge >= 0.3 is 0 Å². The van der Waals surface area contributed by atoms with Crippen LogP contribution in [0, 0.1) is 3.57 Å². The highest BCUT2D eigenvalue weighted by Gasteiger charge is 2.21. The van der Waals surface area contributed by atoms with E-state index in [1.807, 2.05) is 12.4 Å². The van der Waals surface area contributed by atoms with E-state index < -0.39 is 0 Å². The second kappa shape index (κ2) is 5.92. The first-order valence-electron chi connectivity index (χ1n) is 5.75. The molecule has 0 aromatic carbocycles. The molecule has 2 heterocycles. The minimum atomic E-state index is 0.525. The van der Waals surface area contributed by atoms with Crippen LogP contribution in [0.4, 0.5) is 5.95 Å². The van der Waals surface area contributed by atoms with Crippen molar-refractivity contribution in [3.05, 3.63) is 16.0 Å². The van der Waals surface area contributed by atoms with Gasteiger partial charge in [-0.3, -0.25) is 4.90 Å². The van der Waals surface area contributed by atoms with Crippen LogP contribution in [0.2, 0.25) is 0 Å². The van der Waals surface area contributed by atoms with Gasteiger partial charge in [0.25, 0.3) is 0 Å². The molecule has 1 aromatic rings. The van der Waals surface area contributed by atoms with Crippen LogP contribution < -0.4 is 5.32 Å². The minimum Gasteiger partial charge on any atom is -0.353 e. The lowest BCUT2D eigenvalue weighted by atomic mass is 10.2. The second-order valence-corrected chi connectivity index (χ2v) is 5.75. The first-order valence-corrected chi connectivity index (χ1v) is 6.83. The van der Waals surface area contributed by atoms with Gasteiger partial charge in [0, 0.05) is 48.2 Å². The van der Waals surface area contributed by atoms with Crippen molar-refractivity contribution in [3.8, 4) is 0 Å². The molecule has 2 rings (SSSR count). The lowest BCUT2D eigenvalue weighted by Gasteiger charge is -2.37. The number of nitrogens with zero attached hydrogens (tertiary/aromatic N) is 4. The van der Waals surface area contributed by atoms with Gasteiger partial charge in [-0.05, 0) is 36.7 Å². The summed E-state index contributed by atoms with van der Waals surface area (Å²) in [4.78, 5) is 13.2. The largest absolute Gasteiger partial charge is 0.353 e. The lowest BCUT2D eigenvalue weighted by molar-refractivity contribution is 0.121. The summed E-state index contributed by atoms with van der Waals surface area (Å²) in [6.45, 7) is 4.25. The summed E-state index contributed by atoms with van der Waals surface area (Å²) in [5.74, 6) is 0.715. The van der Waals surface area contributed by atoms with Gasteiger partial charge < -0.3 is 10.2 Å². The maximum absolute atomic E-state index is 4.24. The predicted octanol–water partition coefficient (Wildman–Crippen LogP) is 0.739. The Labute approximate surface area is 116 Å². The zero-order valence-corrected chi connectivity index (χ0v) is 12.4. The minimum absolute atomic E-state index is 0.525. The Kier molecular flexibility index (Phi) is 4.52. The Balaban J connectivity index is 1.86. The van der Waals surface area contributed by atoms with Crippen molar-refractivity contribution in [2.75, 3.05) is 45.6 Å². The van der Waals surface area contributed by atoms with Crippen LogP contribution in [0.5, 0.6) is 0 Å². The zero-order valence-electron chi connectivity index (χ0n) is 10.2. The van der Waals surface area contributed by atoms with Crippen molar-refractivity contribution >= 4 is 28.5 Å². The number of hydrogen-bond acceptors (Lipinski definition) is 5. The van der Waals surface area contributed by atoms with Crippen LogP contribution in [0.25, 0.3) is 0 Å². The van der Waals surface area contributed by atoms with Crippen LogP contribution in [0.15, 0.2) is 12.4 Å². The van der Waals surface area contributed by atoms with Gasteiger partial charge in [-0.2, -0.15) is 0 Å². The molecule has 1 fully saturated rings. The summed E-state index contributed by atoms with van der Waals surface area (Å²) in [5.41, 5.74) is 0. The van der Waals surface area contributed by atoms with E-state index in [2.05, 4.69) is 61.8 Å². The average Bonchev–Trinajstić information content (AvgIpc) is 2.32. The molecule has 1 aromatic heterocycles. The molecule has 5 nitrogen and oxygen atoms in total. The number of rotatable bonds is 3. The normalized spacial score (nSPS) is 22.6. The van der Waals surface area contributed by atoms with E-state index in [9.17, 15) is 0 Å². The van der Waals surface area contributed by atoms with Gasteiger partial charge in [0.15, 0.2) is 0 Å². The Morgan fingerprint density at radius 2 is 2.06 bits per heavy atom. The lowest BCUT2D eigenvalue weighted by Crippen LogP contribution is -2.52. The first kappa shape index (κ1) is 13.0. The van der Waals surface area contributed by atoms with E-state index in [4.69, 9.17) is 0 Å². The van der Waals surface area contributed by atoms with Gasteiger partial charge in [0.05, 0.1) is 0 Å². The Morgan fingerprint density at radius 1 is 1.35 bits per heavy atom. The molecule has 6 heteroatoms. The maximum Gasteiger partial charge on any atom is 0.222 e. The number of halogens is 1. The van der Waals surface area contributed by atoms with Crippen molar-refractivity contribution < 1.29 is 0 Å². The number of anilines is 1. The molecule has 1 atom stereocenters. The van der Waals surface area contributed by atoms with Crippen LogP contribution >= 0.6 is 22.6 Å². The summed E-state index contributed by atoms with van der Waals surface area (Å²) < 4.78 is 1.06. The highest BCUT2D eigenvalue weighted by atomic mass is 127. The topological polar surface area (TPSA) is 44.3 Å². The third-order valence-electron chi connectivity index (χ3n) is 3.10. The molecule has 0 saturated carbocycles. The molecular weight excluding hydrogens is 329 g/mol. The van der Waals surface area contributed by atoms with E-state index in [1.54, 1.807) is 0 Å². The summed E-state index contributed by atoms with van der Waals surface area (Å²) >= 11 is 2.21. The standard InChI is InChI=1S/C11H18IN5/c1-16-3-4-17(2)10(8-16)7-15-11-13-5-9(12)6-14-11/h5-6,10H,3-4,7-8H2,1-2H3,(H,13,14,15).